The molecule has 0 aliphatic carbocycles. The van der Waals surface area contributed by atoms with E-state index in [9.17, 15) is 0 Å². The van der Waals surface area contributed by atoms with E-state index in [0.29, 0.717) is 23.4 Å². The second-order valence-electron chi connectivity index (χ2n) is 7.02. The van der Waals surface area contributed by atoms with Crippen LogP contribution in [0.5, 0.6) is 0 Å². The maximum atomic E-state index is 15.4. The minimum absolute atomic E-state index is 0.389. The summed E-state index contributed by atoms with van der Waals surface area (Å²) in [6.45, 7) is 9.91. The number of nitrogens with zero attached hydrogens (tertiary/aromatic N) is 1. The molecule has 0 fully saturated rings. The van der Waals surface area contributed by atoms with E-state index >= 15 is 4.39 Å². The summed E-state index contributed by atoms with van der Waals surface area (Å²) in [5, 5.41) is 12.8. The molecule has 1 atom stereocenters. The van der Waals surface area contributed by atoms with Gasteiger partial charge in [-0.3, -0.25) is 4.98 Å². The number of hydrogen-bond donors (Lipinski definition) is 2. The first-order chi connectivity index (χ1) is 13.9. The molecule has 6 heteroatoms. The average molecular weight is 432 g/mol. The highest BCUT2D eigenvalue weighted by Gasteiger charge is 2.32. The lowest BCUT2D eigenvalue weighted by molar-refractivity contribution is 0.188. The van der Waals surface area contributed by atoms with Crippen LogP contribution >= 0.6 is 22.7 Å². The molecule has 156 valence electrons. The highest BCUT2D eigenvalue weighted by Crippen LogP contribution is 2.47. The van der Waals surface area contributed by atoms with Gasteiger partial charge in [0.05, 0.1) is 16.3 Å². The van der Waals surface area contributed by atoms with E-state index in [1.165, 1.54) is 23.9 Å². The molecule has 3 rings (SSSR count). The van der Waals surface area contributed by atoms with Crippen molar-refractivity contribution in [3.63, 3.8) is 0 Å². The SMILES string of the molecule is CCC(C)(F)c1c(Nc2cccnc2C=N)csc1-c1ccc(C)s1.CCCC. The van der Waals surface area contributed by atoms with Crippen molar-refractivity contribution in [2.24, 2.45) is 0 Å². The minimum Gasteiger partial charge on any atom is -0.353 e. The maximum Gasteiger partial charge on any atom is 0.136 e. The monoisotopic (exact) mass is 431 g/mol. The summed E-state index contributed by atoms with van der Waals surface area (Å²) in [4.78, 5) is 7.44. The molecule has 0 saturated carbocycles. The Hall–Kier alpha value is -2.05. The Kier molecular flexibility index (Phi) is 8.53. The Labute approximate surface area is 181 Å². The van der Waals surface area contributed by atoms with Gasteiger partial charge in [-0.05, 0) is 44.5 Å². The second kappa shape index (κ2) is 10.6. The summed E-state index contributed by atoms with van der Waals surface area (Å²) < 4.78 is 15.4. The van der Waals surface area contributed by atoms with E-state index in [4.69, 9.17) is 5.41 Å². The zero-order chi connectivity index (χ0) is 21.4. The molecule has 0 aliphatic heterocycles. The van der Waals surface area contributed by atoms with Crippen LogP contribution in [0, 0.1) is 12.3 Å². The summed E-state index contributed by atoms with van der Waals surface area (Å²) in [6.07, 6.45) is 5.87. The van der Waals surface area contributed by atoms with Crippen LogP contribution in [0.25, 0.3) is 9.75 Å². The average Bonchev–Trinajstić information content (AvgIpc) is 3.35. The fourth-order valence-electron chi connectivity index (χ4n) is 2.67. The van der Waals surface area contributed by atoms with Crippen molar-refractivity contribution in [3.05, 3.63) is 52.0 Å². The lowest BCUT2D eigenvalue weighted by atomic mass is 9.93. The predicted molar refractivity (Wildman–Crippen MR) is 127 cm³/mol. The van der Waals surface area contributed by atoms with Gasteiger partial charge in [0.1, 0.15) is 11.4 Å². The first-order valence-corrected chi connectivity index (χ1v) is 11.7. The van der Waals surface area contributed by atoms with Crippen LogP contribution in [0.3, 0.4) is 0 Å². The quantitative estimate of drug-likeness (QED) is 0.369. The summed E-state index contributed by atoms with van der Waals surface area (Å²) in [5.41, 5.74) is 1.22. The number of rotatable bonds is 7. The molecule has 0 amide bonds. The molecule has 0 aromatic carbocycles. The number of aromatic nitrogens is 1. The van der Waals surface area contributed by atoms with Gasteiger partial charge in [-0.1, -0.05) is 33.6 Å². The lowest BCUT2D eigenvalue weighted by Crippen LogP contribution is -2.15. The Morgan fingerprint density at radius 2 is 1.90 bits per heavy atom. The van der Waals surface area contributed by atoms with Crippen LogP contribution in [-0.4, -0.2) is 11.2 Å². The van der Waals surface area contributed by atoms with Gasteiger partial charge in [0.2, 0.25) is 0 Å². The van der Waals surface area contributed by atoms with Crippen molar-refractivity contribution in [1.82, 2.24) is 4.98 Å². The highest BCUT2D eigenvalue weighted by atomic mass is 32.1. The van der Waals surface area contributed by atoms with Gasteiger partial charge in [-0.2, -0.15) is 0 Å². The number of alkyl halides is 1. The minimum atomic E-state index is -1.44. The van der Waals surface area contributed by atoms with E-state index in [2.05, 4.69) is 43.2 Å². The summed E-state index contributed by atoms with van der Waals surface area (Å²) in [5.74, 6) is 0. The molecular weight excluding hydrogens is 401 g/mol. The third kappa shape index (κ3) is 5.73. The van der Waals surface area contributed by atoms with E-state index in [1.54, 1.807) is 41.9 Å². The van der Waals surface area contributed by atoms with E-state index < -0.39 is 5.67 Å². The summed E-state index contributed by atoms with van der Waals surface area (Å²) >= 11 is 3.22. The van der Waals surface area contributed by atoms with Crippen LogP contribution in [0.15, 0.2) is 35.8 Å². The third-order valence-corrected chi connectivity index (χ3v) is 6.85. The van der Waals surface area contributed by atoms with Gasteiger partial charge >= 0.3 is 0 Å². The van der Waals surface area contributed by atoms with Crippen molar-refractivity contribution in [1.29, 1.82) is 5.41 Å². The number of pyridine rings is 1. The first-order valence-electron chi connectivity index (χ1n) is 9.98. The Balaban J connectivity index is 0.000000687. The number of anilines is 2. The molecule has 3 aromatic heterocycles. The zero-order valence-electron chi connectivity index (χ0n) is 17.8. The van der Waals surface area contributed by atoms with Gasteiger partial charge in [-0.15, -0.1) is 22.7 Å². The van der Waals surface area contributed by atoms with Gasteiger partial charge in [0.15, 0.2) is 0 Å². The zero-order valence-corrected chi connectivity index (χ0v) is 19.4. The topological polar surface area (TPSA) is 48.8 Å². The van der Waals surface area contributed by atoms with Crippen LogP contribution in [-0.2, 0) is 5.67 Å². The second-order valence-corrected chi connectivity index (χ2v) is 9.19. The molecule has 0 bridgehead atoms. The largest absolute Gasteiger partial charge is 0.353 e. The van der Waals surface area contributed by atoms with Crippen molar-refractivity contribution < 1.29 is 4.39 Å². The number of hydrogen-bond acceptors (Lipinski definition) is 5. The molecule has 3 aromatic rings. The van der Waals surface area contributed by atoms with Crippen LogP contribution in [0.2, 0.25) is 0 Å². The fraction of sp³-hybridized carbons (Fsp3) is 0.391. The van der Waals surface area contributed by atoms with Crippen LogP contribution < -0.4 is 5.32 Å². The van der Waals surface area contributed by atoms with Crippen molar-refractivity contribution >= 4 is 40.3 Å². The standard InChI is InChI=1S/C19H20FN3S2.C4H10/c1-4-19(3,20)17-15(23-13-6-5-9-22-14(13)10-21)11-24-18(17)16-8-7-12(2)25-16;1-3-4-2/h5-11,21,23H,4H2,1-3H3;3-4H2,1-2H3. The lowest BCUT2D eigenvalue weighted by Gasteiger charge is -2.22. The van der Waals surface area contributed by atoms with E-state index in [-0.39, 0.29) is 0 Å². The molecule has 0 aliphatic rings. The van der Waals surface area contributed by atoms with Crippen LogP contribution in [0.4, 0.5) is 15.8 Å². The molecule has 0 saturated heterocycles. The number of unbranched alkanes of at least 4 members (excludes halogenated alkanes) is 1. The summed E-state index contributed by atoms with van der Waals surface area (Å²) in [6, 6.07) is 7.77. The van der Waals surface area contributed by atoms with Gasteiger partial charge < -0.3 is 10.7 Å². The number of thiophene rings is 2. The van der Waals surface area contributed by atoms with Crippen molar-refractivity contribution in [3.8, 4) is 9.75 Å². The fourth-order valence-corrected chi connectivity index (χ4v) is 4.79. The van der Waals surface area contributed by atoms with Crippen molar-refractivity contribution in [2.45, 2.75) is 59.5 Å². The normalized spacial score (nSPS) is 12.6. The molecule has 2 N–H and O–H groups in total. The summed E-state index contributed by atoms with van der Waals surface area (Å²) in [7, 11) is 0. The first kappa shape index (κ1) is 23.2. The molecule has 3 heterocycles. The van der Waals surface area contributed by atoms with Gasteiger partial charge in [0, 0.05) is 33.1 Å². The van der Waals surface area contributed by atoms with Gasteiger partial charge in [-0.25, -0.2) is 4.39 Å². The van der Waals surface area contributed by atoms with Crippen molar-refractivity contribution in [2.75, 3.05) is 5.32 Å². The van der Waals surface area contributed by atoms with E-state index in [1.807, 2.05) is 18.4 Å². The number of aryl methyl sites for hydroxylation is 1. The third-order valence-electron chi connectivity index (χ3n) is 4.68. The number of halogens is 1. The van der Waals surface area contributed by atoms with Gasteiger partial charge in [0.25, 0.3) is 0 Å². The molecule has 3 nitrogen and oxygen atoms in total. The Morgan fingerprint density at radius 3 is 2.45 bits per heavy atom. The molecule has 1 unspecified atom stereocenters. The predicted octanol–water partition coefficient (Wildman–Crippen LogP) is 8.32. The molecule has 0 radical (unpaired) electrons. The number of nitrogens with one attached hydrogen (secondary N) is 2. The Bertz CT molecular complexity index is 926. The van der Waals surface area contributed by atoms with Crippen LogP contribution in [0.1, 0.15) is 63.1 Å². The molecular formula is C23H30FN3S2. The molecule has 29 heavy (non-hydrogen) atoms. The molecule has 0 spiro atoms. The maximum absolute atomic E-state index is 15.4. The highest BCUT2D eigenvalue weighted by molar-refractivity contribution is 7.21. The van der Waals surface area contributed by atoms with E-state index in [0.717, 1.165) is 15.4 Å². The Morgan fingerprint density at radius 1 is 1.17 bits per heavy atom. The smallest absolute Gasteiger partial charge is 0.136 e.